The van der Waals surface area contributed by atoms with Crippen molar-refractivity contribution in [3.8, 4) is 34.4 Å². The van der Waals surface area contributed by atoms with E-state index in [9.17, 15) is 15.2 Å². The largest absolute Gasteiger partial charge is 0.488 e. The summed E-state index contributed by atoms with van der Waals surface area (Å²) in [6.45, 7) is 3.48. The Hall–Kier alpha value is -4.91. The number of hydrogen-bond donors (Lipinski definition) is 1. The topological polar surface area (TPSA) is 108 Å². The van der Waals surface area contributed by atoms with E-state index < -0.39 is 0 Å². The van der Waals surface area contributed by atoms with E-state index in [2.05, 4.69) is 22.0 Å². The van der Waals surface area contributed by atoms with Crippen molar-refractivity contribution >= 4 is 11.6 Å². The van der Waals surface area contributed by atoms with E-state index in [0.29, 0.717) is 43.2 Å². The van der Waals surface area contributed by atoms with Crippen LogP contribution in [-0.2, 0) is 19.6 Å². The maximum absolute atomic E-state index is 14.1. The van der Waals surface area contributed by atoms with Crippen LogP contribution in [0.15, 0.2) is 73.1 Å². The fourth-order valence-corrected chi connectivity index (χ4v) is 6.55. The molecule has 3 aliphatic heterocycles. The third-order valence-electron chi connectivity index (χ3n) is 8.84. The lowest BCUT2D eigenvalue weighted by atomic mass is 9.97. The van der Waals surface area contributed by atoms with Crippen LogP contribution in [0.3, 0.4) is 0 Å². The first-order valence-corrected chi connectivity index (χ1v) is 15.4. The molecule has 4 heterocycles. The zero-order chi connectivity index (χ0) is 30.8. The van der Waals surface area contributed by atoms with Gasteiger partial charge in [-0.15, -0.1) is 0 Å². The van der Waals surface area contributed by atoms with Crippen LogP contribution >= 0.6 is 0 Å². The number of rotatable bonds is 8. The van der Waals surface area contributed by atoms with Gasteiger partial charge in [0.05, 0.1) is 12.2 Å². The van der Waals surface area contributed by atoms with Crippen molar-refractivity contribution < 1.29 is 24.1 Å². The normalized spacial score (nSPS) is 17.2. The number of ether oxygens (including phenoxy) is 3. The zero-order valence-corrected chi connectivity index (χ0v) is 24.9. The summed E-state index contributed by atoms with van der Waals surface area (Å²) in [5, 5.41) is 19.2. The van der Waals surface area contributed by atoms with Gasteiger partial charge in [-0.1, -0.05) is 24.3 Å². The maximum atomic E-state index is 14.1. The first-order chi connectivity index (χ1) is 22.1. The second-order valence-corrected chi connectivity index (χ2v) is 11.6. The van der Waals surface area contributed by atoms with Crippen molar-refractivity contribution in [2.45, 2.75) is 38.5 Å². The molecule has 45 heavy (non-hydrogen) atoms. The minimum absolute atomic E-state index is 0.0907. The molecule has 1 N–H and O–H groups in total. The number of aromatic nitrogens is 1. The monoisotopic (exact) mass is 602 g/mol. The summed E-state index contributed by atoms with van der Waals surface area (Å²) in [7, 11) is 0. The number of benzene rings is 3. The van der Waals surface area contributed by atoms with Gasteiger partial charge < -0.3 is 24.2 Å². The minimum atomic E-state index is -0.0907. The molecule has 4 aromatic rings. The molecule has 228 valence electrons. The Bertz CT molecular complexity index is 1780. The average molecular weight is 603 g/mol. The molecule has 3 aromatic carbocycles. The van der Waals surface area contributed by atoms with Gasteiger partial charge >= 0.3 is 0 Å². The van der Waals surface area contributed by atoms with E-state index in [1.807, 2.05) is 53.4 Å². The number of aliphatic hydroxyl groups excluding tert-OH is 1. The Labute approximate surface area is 262 Å². The molecular weight excluding hydrogens is 568 g/mol. The Balaban J connectivity index is 1.17. The molecule has 1 atom stereocenters. The molecule has 1 saturated heterocycles. The number of likely N-dealkylation sites (tertiary alicyclic amines) is 1. The van der Waals surface area contributed by atoms with E-state index in [0.717, 1.165) is 70.8 Å². The van der Waals surface area contributed by atoms with Gasteiger partial charge in [-0.25, -0.2) is 0 Å². The SMILES string of the molecule is N#Cc1cncc(COc2cc(C(=O)N3CCc4c(-c5ccc6c(c5)OCCO6)cccc43)ccc2CN2CCC[C@H]2CO)c1. The molecule has 0 saturated carbocycles. The lowest BCUT2D eigenvalue weighted by Crippen LogP contribution is -2.32. The van der Waals surface area contributed by atoms with Gasteiger partial charge in [0.1, 0.15) is 31.6 Å². The van der Waals surface area contributed by atoms with Crippen LogP contribution in [0.25, 0.3) is 11.1 Å². The second-order valence-electron chi connectivity index (χ2n) is 11.6. The van der Waals surface area contributed by atoms with Crippen LogP contribution in [0.5, 0.6) is 17.2 Å². The fourth-order valence-electron chi connectivity index (χ4n) is 6.55. The van der Waals surface area contributed by atoms with Crippen LogP contribution < -0.4 is 19.1 Å². The maximum Gasteiger partial charge on any atom is 0.258 e. The van der Waals surface area contributed by atoms with E-state index in [1.165, 1.54) is 6.20 Å². The van der Waals surface area contributed by atoms with Crippen LogP contribution in [0.2, 0.25) is 0 Å². The van der Waals surface area contributed by atoms with Crippen LogP contribution in [0, 0.1) is 11.3 Å². The number of pyridine rings is 1. The highest BCUT2D eigenvalue weighted by Gasteiger charge is 2.29. The first-order valence-electron chi connectivity index (χ1n) is 15.4. The standard InChI is InChI=1S/C36H34N4O5/c37-18-24-15-25(20-38-19-24)23-45-34-17-27(6-7-28(34)21-39-11-2-3-29(39)22-41)36(42)40-12-10-31-30(4-1-5-32(31)40)26-8-9-33-35(16-26)44-14-13-43-33/h1,4-9,15-17,19-20,29,41H,2-3,10-14,21-23H2/t29-/m0/s1. The number of fused-ring (bicyclic) bond motifs is 2. The molecule has 0 spiro atoms. The molecule has 0 radical (unpaired) electrons. The van der Waals surface area contributed by atoms with Crippen molar-refractivity contribution in [1.82, 2.24) is 9.88 Å². The molecule has 0 unspecified atom stereocenters. The van der Waals surface area contributed by atoms with E-state index in [4.69, 9.17) is 14.2 Å². The summed E-state index contributed by atoms with van der Waals surface area (Å²) >= 11 is 0. The Kier molecular flexibility index (Phi) is 8.07. The third-order valence-corrected chi connectivity index (χ3v) is 8.84. The minimum Gasteiger partial charge on any atom is -0.488 e. The van der Waals surface area contributed by atoms with Gasteiger partial charge in [0.2, 0.25) is 0 Å². The van der Waals surface area contributed by atoms with E-state index in [1.54, 1.807) is 12.3 Å². The first kappa shape index (κ1) is 28.8. The second kappa shape index (κ2) is 12.6. The molecule has 1 amide bonds. The number of nitriles is 1. The summed E-state index contributed by atoms with van der Waals surface area (Å²) in [6.07, 6.45) is 5.93. The number of anilines is 1. The number of amides is 1. The molecule has 0 aliphatic carbocycles. The van der Waals surface area contributed by atoms with Crippen molar-refractivity contribution in [2.24, 2.45) is 0 Å². The summed E-state index contributed by atoms with van der Waals surface area (Å²) in [6, 6.07) is 21.7. The van der Waals surface area contributed by atoms with Crippen LogP contribution in [-0.4, -0.2) is 59.8 Å². The van der Waals surface area contributed by atoms with Crippen molar-refractivity contribution in [1.29, 1.82) is 5.26 Å². The van der Waals surface area contributed by atoms with Crippen molar-refractivity contribution in [3.63, 3.8) is 0 Å². The number of carbonyl (C=O) groups excluding carboxylic acids is 1. The predicted molar refractivity (Wildman–Crippen MR) is 168 cm³/mol. The Morgan fingerprint density at radius 3 is 2.80 bits per heavy atom. The molecular formula is C36H34N4O5. The molecule has 7 rings (SSSR count). The van der Waals surface area contributed by atoms with Gasteiger partial charge in [-0.05, 0) is 78.9 Å². The van der Waals surface area contributed by atoms with Crippen molar-refractivity contribution in [2.75, 3.05) is 37.8 Å². The Morgan fingerprint density at radius 1 is 1.04 bits per heavy atom. The van der Waals surface area contributed by atoms with Gasteiger partial charge in [0.25, 0.3) is 5.91 Å². The lowest BCUT2D eigenvalue weighted by molar-refractivity contribution is 0.0988. The summed E-state index contributed by atoms with van der Waals surface area (Å²) in [5.41, 5.74) is 6.86. The van der Waals surface area contributed by atoms with Gasteiger partial charge in [-0.2, -0.15) is 5.26 Å². The molecule has 1 fully saturated rings. The number of hydrogen-bond acceptors (Lipinski definition) is 8. The molecule has 9 nitrogen and oxygen atoms in total. The van der Waals surface area contributed by atoms with Crippen LogP contribution in [0.4, 0.5) is 5.69 Å². The quantitative estimate of drug-likeness (QED) is 0.296. The van der Waals surface area contributed by atoms with Gasteiger partial charge in [0, 0.05) is 53.9 Å². The smallest absolute Gasteiger partial charge is 0.258 e. The van der Waals surface area contributed by atoms with Gasteiger partial charge in [-0.3, -0.25) is 14.7 Å². The molecule has 9 heteroatoms. The third kappa shape index (κ3) is 5.82. The molecule has 1 aromatic heterocycles. The summed E-state index contributed by atoms with van der Waals surface area (Å²) in [5.74, 6) is 2.01. The lowest BCUT2D eigenvalue weighted by Gasteiger charge is -2.24. The average Bonchev–Trinajstić information content (AvgIpc) is 3.74. The highest BCUT2D eigenvalue weighted by atomic mass is 16.6. The highest BCUT2D eigenvalue weighted by Crippen LogP contribution is 2.41. The van der Waals surface area contributed by atoms with E-state index >= 15 is 0 Å². The van der Waals surface area contributed by atoms with Gasteiger partial charge in [0.15, 0.2) is 11.5 Å². The van der Waals surface area contributed by atoms with Crippen LogP contribution in [0.1, 0.15) is 45.5 Å². The van der Waals surface area contributed by atoms with E-state index in [-0.39, 0.29) is 25.2 Å². The summed E-state index contributed by atoms with van der Waals surface area (Å²) in [4.78, 5) is 22.3. The summed E-state index contributed by atoms with van der Waals surface area (Å²) < 4.78 is 17.8. The predicted octanol–water partition coefficient (Wildman–Crippen LogP) is 5.13. The highest BCUT2D eigenvalue weighted by molar-refractivity contribution is 6.08. The molecule has 0 bridgehead atoms. The Morgan fingerprint density at radius 2 is 1.93 bits per heavy atom. The zero-order valence-electron chi connectivity index (χ0n) is 24.9. The number of nitrogens with zero attached hydrogens (tertiary/aromatic N) is 4. The number of carbonyl (C=O) groups is 1. The molecule has 3 aliphatic rings. The van der Waals surface area contributed by atoms with Crippen molar-refractivity contribution in [3.05, 3.63) is 101 Å². The number of aliphatic hydroxyl groups is 1. The fraction of sp³-hybridized carbons (Fsp3) is 0.306.